The molecule has 152 valence electrons. The Kier molecular flexibility index (Phi) is 5.97. The lowest BCUT2D eigenvalue weighted by Gasteiger charge is -2.25. The Bertz CT molecular complexity index is 928. The summed E-state index contributed by atoms with van der Waals surface area (Å²) >= 11 is 2.70. The molecule has 11 heteroatoms. The van der Waals surface area contributed by atoms with E-state index in [0.717, 1.165) is 28.8 Å². The van der Waals surface area contributed by atoms with Gasteiger partial charge in [-0.05, 0) is 12.1 Å². The van der Waals surface area contributed by atoms with Crippen molar-refractivity contribution in [3.05, 3.63) is 35.3 Å². The molecular formula is C18H19N5O4S2. The van der Waals surface area contributed by atoms with Gasteiger partial charge in [-0.3, -0.25) is 25.2 Å². The minimum absolute atomic E-state index is 0.0544. The van der Waals surface area contributed by atoms with Crippen LogP contribution in [0.25, 0.3) is 0 Å². The lowest BCUT2D eigenvalue weighted by Crippen LogP contribution is -2.44. The van der Waals surface area contributed by atoms with Crippen LogP contribution in [0, 0.1) is 0 Å². The lowest BCUT2D eigenvalue weighted by atomic mass is 10.2. The van der Waals surface area contributed by atoms with Gasteiger partial charge in [-0.1, -0.05) is 12.1 Å². The molecule has 0 unspecified atom stereocenters. The van der Waals surface area contributed by atoms with Gasteiger partial charge >= 0.3 is 0 Å². The van der Waals surface area contributed by atoms with Crippen molar-refractivity contribution in [2.24, 2.45) is 0 Å². The van der Waals surface area contributed by atoms with Crippen LogP contribution in [0.5, 0.6) is 0 Å². The third-order valence-electron chi connectivity index (χ3n) is 4.40. The van der Waals surface area contributed by atoms with Crippen molar-refractivity contribution in [2.45, 2.75) is 16.6 Å². The minimum Gasteiger partial charge on any atom is -0.378 e. The molecule has 3 heterocycles. The Morgan fingerprint density at radius 1 is 1.24 bits per heavy atom. The Labute approximate surface area is 175 Å². The number of hydrazine groups is 1. The molecule has 0 bridgehead atoms. The number of hydrogen-bond donors (Lipinski definition) is 3. The first kappa shape index (κ1) is 19.7. The molecule has 3 N–H and O–H groups in total. The molecule has 29 heavy (non-hydrogen) atoms. The first-order valence-electron chi connectivity index (χ1n) is 9.04. The number of amides is 3. The van der Waals surface area contributed by atoms with Gasteiger partial charge in [0.25, 0.3) is 5.91 Å². The number of thioether (sulfide) groups is 1. The van der Waals surface area contributed by atoms with Crippen molar-refractivity contribution in [3.8, 4) is 0 Å². The molecule has 0 radical (unpaired) electrons. The zero-order valence-corrected chi connectivity index (χ0v) is 17.0. The topological polar surface area (TPSA) is 113 Å². The monoisotopic (exact) mass is 433 g/mol. The predicted octanol–water partition coefficient (Wildman–Crippen LogP) is 1.24. The molecule has 2 aliphatic rings. The number of thiazole rings is 1. The summed E-state index contributed by atoms with van der Waals surface area (Å²) < 4.78 is 5.31. The van der Waals surface area contributed by atoms with Crippen LogP contribution in [0.3, 0.4) is 0 Å². The molecule has 2 aliphatic heterocycles. The number of para-hydroxylation sites is 1. The summed E-state index contributed by atoms with van der Waals surface area (Å²) in [6.07, 6.45) is -0.0544. The van der Waals surface area contributed by atoms with Crippen LogP contribution < -0.4 is 21.1 Å². The van der Waals surface area contributed by atoms with Crippen LogP contribution >= 0.6 is 23.1 Å². The summed E-state index contributed by atoms with van der Waals surface area (Å²) in [6, 6.07) is 7.42. The van der Waals surface area contributed by atoms with Crippen molar-refractivity contribution >= 4 is 51.6 Å². The lowest BCUT2D eigenvalue weighted by molar-refractivity contribution is -0.124. The normalized spacial score (nSPS) is 18.6. The number of hydrogen-bond acceptors (Lipinski definition) is 8. The smallest absolute Gasteiger partial charge is 0.289 e. The second-order valence-corrected chi connectivity index (χ2v) is 8.49. The summed E-state index contributed by atoms with van der Waals surface area (Å²) in [6.45, 7) is 2.73. The fraction of sp³-hybridized carbons (Fsp3) is 0.333. The SMILES string of the molecule is O=C(C[C@@H]1Sc2ccccc2NC1=O)NNC(=O)c1csc(N2CCOCC2)n1. The third kappa shape index (κ3) is 4.69. The van der Waals surface area contributed by atoms with Crippen LogP contribution in [0.4, 0.5) is 10.8 Å². The zero-order chi connectivity index (χ0) is 20.2. The molecule has 0 spiro atoms. The number of ether oxygens (including phenoxy) is 1. The third-order valence-corrected chi connectivity index (χ3v) is 6.58. The molecule has 9 nitrogen and oxygen atoms in total. The van der Waals surface area contributed by atoms with Gasteiger partial charge in [0.2, 0.25) is 11.8 Å². The van der Waals surface area contributed by atoms with Crippen molar-refractivity contribution in [1.82, 2.24) is 15.8 Å². The van der Waals surface area contributed by atoms with E-state index in [-0.39, 0.29) is 18.0 Å². The zero-order valence-electron chi connectivity index (χ0n) is 15.3. The van der Waals surface area contributed by atoms with E-state index >= 15 is 0 Å². The van der Waals surface area contributed by atoms with E-state index in [1.807, 2.05) is 24.3 Å². The summed E-state index contributed by atoms with van der Waals surface area (Å²) in [4.78, 5) is 43.9. The Morgan fingerprint density at radius 2 is 2.03 bits per heavy atom. The van der Waals surface area contributed by atoms with Gasteiger partial charge in [0.1, 0.15) is 5.69 Å². The highest BCUT2D eigenvalue weighted by molar-refractivity contribution is 8.01. The Balaban J connectivity index is 1.28. The molecular weight excluding hydrogens is 414 g/mol. The van der Waals surface area contributed by atoms with Crippen LogP contribution in [0.15, 0.2) is 34.5 Å². The number of morpholine rings is 1. The van der Waals surface area contributed by atoms with Crippen molar-refractivity contribution in [3.63, 3.8) is 0 Å². The van der Waals surface area contributed by atoms with Crippen LogP contribution in [-0.2, 0) is 14.3 Å². The van der Waals surface area contributed by atoms with Gasteiger partial charge < -0.3 is 15.0 Å². The van der Waals surface area contributed by atoms with Gasteiger partial charge in [0, 0.05) is 29.8 Å². The number of fused-ring (bicyclic) bond motifs is 1. The summed E-state index contributed by atoms with van der Waals surface area (Å²) in [5.41, 5.74) is 5.70. The van der Waals surface area contributed by atoms with Crippen molar-refractivity contribution in [2.75, 3.05) is 36.5 Å². The first-order valence-corrected chi connectivity index (χ1v) is 10.8. The highest BCUT2D eigenvalue weighted by Crippen LogP contribution is 2.36. The van der Waals surface area contributed by atoms with Gasteiger partial charge in [0.15, 0.2) is 5.13 Å². The van der Waals surface area contributed by atoms with Gasteiger partial charge in [-0.15, -0.1) is 23.1 Å². The average molecular weight is 434 g/mol. The maximum Gasteiger partial charge on any atom is 0.289 e. The molecule has 2 aromatic rings. The van der Waals surface area contributed by atoms with E-state index in [4.69, 9.17) is 4.74 Å². The maximum absolute atomic E-state index is 12.3. The second-order valence-electron chi connectivity index (χ2n) is 6.41. The Hall–Kier alpha value is -2.63. The maximum atomic E-state index is 12.3. The standard InChI is InChI=1S/C18H19N5O4S2/c24-15(9-14-17(26)19-11-3-1-2-4-13(11)29-14)21-22-16(25)12-10-28-18(20-12)23-5-7-27-8-6-23/h1-4,10,14H,5-9H2,(H,19,26)(H,21,24)(H,22,25)/t14-/m0/s1. The molecule has 3 amide bonds. The van der Waals surface area contributed by atoms with Crippen molar-refractivity contribution in [1.29, 1.82) is 0 Å². The number of carbonyl (C=O) groups excluding carboxylic acids is 3. The van der Waals surface area contributed by atoms with Gasteiger partial charge in [-0.25, -0.2) is 4.98 Å². The molecule has 1 atom stereocenters. The average Bonchev–Trinajstić information content (AvgIpc) is 3.24. The van der Waals surface area contributed by atoms with Crippen LogP contribution in [0.2, 0.25) is 0 Å². The molecule has 1 fully saturated rings. The minimum atomic E-state index is -0.561. The summed E-state index contributed by atoms with van der Waals surface area (Å²) in [7, 11) is 0. The van der Waals surface area contributed by atoms with Gasteiger partial charge in [-0.2, -0.15) is 0 Å². The quantitative estimate of drug-likeness (QED) is 0.622. The van der Waals surface area contributed by atoms with Crippen molar-refractivity contribution < 1.29 is 19.1 Å². The number of aromatic nitrogens is 1. The summed E-state index contributed by atoms with van der Waals surface area (Å²) in [5, 5.41) is 4.62. The molecule has 1 saturated heterocycles. The first-order chi connectivity index (χ1) is 14.1. The summed E-state index contributed by atoms with van der Waals surface area (Å²) in [5.74, 6) is -1.18. The molecule has 0 saturated carbocycles. The number of nitrogens with one attached hydrogen (secondary N) is 3. The number of rotatable bonds is 4. The Morgan fingerprint density at radius 3 is 2.86 bits per heavy atom. The van der Waals surface area contributed by atoms with E-state index in [9.17, 15) is 14.4 Å². The highest BCUT2D eigenvalue weighted by atomic mass is 32.2. The fourth-order valence-corrected chi connectivity index (χ4v) is 4.88. The number of anilines is 2. The van der Waals surface area contributed by atoms with E-state index in [1.165, 1.54) is 23.1 Å². The largest absolute Gasteiger partial charge is 0.378 e. The van der Waals surface area contributed by atoms with E-state index < -0.39 is 17.1 Å². The van der Waals surface area contributed by atoms with E-state index in [1.54, 1.807) is 5.38 Å². The van der Waals surface area contributed by atoms with Gasteiger partial charge in [0.05, 0.1) is 24.2 Å². The van der Waals surface area contributed by atoms with E-state index in [2.05, 4.69) is 26.1 Å². The molecule has 1 aromatic carbocycles. The van der Waals surface area contributed by atoms with Crippen LogP contribution in [0.1, 0.15) is 16.9 Å². The molecule has 1 aromatic heterocycles. The highest BCUT2D eigenvalue weighted by Gasteiger charge is 2.29. The van der Waals surface area contributed by atoms with Crippen LogP contribution in [-0.4, -0.2) is 54.3 Å². The number of benzene rings is 1. The second kappa shape index (κ2) is 8.80. The van der Waals surface area contributed by atoms with E-state index in [0.29, 0.717) is 13.2 Å². The predicted molar refractivity (Wildman–Crippen MR) is 110 cm³/mol. The molecule has 0 aliphatic carbocycles. The number of carbonyl (C=O) groups is 3. The molecule has 4 rings (SSSR count). The fourth-order valence-electron chi connectivity index (χ4n) is 2.91. The number of nitrogens with zero attached hydrogens (tertiary/aromatic N) is 2.